The maximum Gasteiger partial charge on any atom is 0.330 e. The minimum absolute atomic E-state index is 0.199. The third kappa shape index (κ3) is 3.93. The summed E-state index contributed by atoms with van der Waals surface area (Å²) in [5.74, 6) is -2.07. The molecule has 4 N–H and O–H groups in total. The second kappa shape index (κ2) is 9.20. The lowest BCUT2D eigenvalue weighted by Crippen LogP contribution is -2.62. The minimum atomic E-state index is -1.56. The molecule has 2 aromatic carbocycles. The second-order valence-electron chi connectivity index (χ2n) is 9.43. The summed E-state index contributed by atoms with van der Waals surface area (Å²) in [6, 6.07) is 20.6. The fraction of sp³-hybridized carbons (Fsp3) is 0.286. The van der Waals surface area contributed by atoms with E-state index in [-0.39, 0.29) is 24.1 Å². The molecule has 4 unspecified atom stereocenters. The number of hydrogen-bond donors (Lipinski definition) is 2. The summed E-state index contributed by atoms with van der Waals surface area (Å²) in [6.45, 7) is 2.10. The first-order valence-corrected chi connectivity index (χ1v) is 12.0. The number of carbonyl (C=O) groups is 3. The summed E-state index contributed by atoms with van der Waals surface area (Å²) < 4.78 is 5.97. The molecule has 184 valence electrons. The van der Waals surface area contributed by atoms with E-state index in [2.05, 4.69) is 4.98 Å². The lowest BCUT2D eigenvalue weighted by Gasteiger charge is -2.47. The van der Waals surface area contributed by atoms with Crippen LogP contribution in [-0.2, 0) is 26.3 Å². The van der Waals surface area contributed by atoms with Crippen LogP contribution in [0.4, 0.5) is 0 Å². The van der Waals surface area contributed by atoms with E-state index >= 15 is 0 Å². The standard InChI is InChI=1S/C28H28N4O4/c1-17(29)22-12-7-13-23(31-22)25(33)32-16-20(18-8-3-2-4-9-18)24(32)26(34)36-28(27(30)35)15-14-19-10-5-6-11-21(19)28/h2-13,17,20,24H,14-16,29H2,1H3,(H2,30,35). The molecule has 4 atom stereocenters. The lowest BCUT2D eigenvalue weighted by molar-refractivity contribution is -0.177. The molecule has 1 aliphatic heterocycles. The molecule has 1 saturated heterocycles. The number of nitrogens with zero attached hydrogens (tertiary/aromatic N) is 2. The van der Waals surface area contributed by atoms with Gasteiger partial charge in [-0.05, 0) is 36.6 Å². The topological polar surface area (TPSA) is 129 Å². The van der Waals surface area contributed by atoms with Crippen molar-refractivity contribution in [1.29, 1.82) is 0 Å². The van der Waals surface area contributed by atoms with Crippen molar-refractivity contribution in [3.05, 3.63) is 101 Å². The van der Waals surface area contributed by atoms with Crippen LogP contribution in [0.15, 0.2) is 72.8 Å². The van der Waals surface area contributed by atoms with Crippen molar-refractivity contribution in [1.82, 2.24) is 9.88 Å². The molecule has 8 nitrogen and oxygen atoms in total. The normalized spacial score (nSPS) is 23.3. The van der Waals surface area contributed by atoms with E-state index in [1.54, 1.807) is 37.3 Å². The smallest absolute Gasteiger partial charge is 0.330 e. The number of aromatic nitrogens is 1. The van der Waals surface area contributed by atoms with Crippen LogP contribution in [0.1, 0.15) is 58.2 Å². The van der Waals surface area contributed by atoms with Gasteiger partial charge in [0.1, 0.15) is 11.7 Å². The monoisotopic (exact) mass is 484 g/mol. The molecule has 3 aromatic rings. The fourth-order valence-corrected chi connectivity index (χ4v) is 5.19. The Bertz CT molecular complexity index is 1330. The Labute approximate surface area is 209 Å². The van der Waals surface area contributed by atoms with E-state index in [4.69, 9.17) is 16.2 Å². The molecule has 5 rings (SSSR count). The number of fused-ring (bicyclic) bond motifs is 1. The van der Waals surface area contributed by atoms with Crippen LogP contribution in [0, 0.1) is 0 Å². The molecule has 1 aliphatic carbocycles. The summed E-state index contributed by atoms with van der Waals surface area (Å²) in [4.78, 5) is 45.7. The molecule has 0 bridgehead atoms. The Morgan fingerprint density at radius 2 is 1.75 bits per heavy atom. The first-order chi connectivity index (χ1) is 17.3. The number of esters is 1. The van der Waals surface area contributed by atoms with Crippen LogP contribution in [0.3, 0.4) is 0 Å². The molecule has 1 aromatic heterocycles. The third-order valence-electron chi connectivity index (χ3n) is 7.17. The quantitative estimate of drug-likeness (QED) is 0.518. The molecule has 8 heteroatoms. The van der Waals surface area contributed by atoms with Gasteiger partial charge in [0, 0.05) is 30.5 Å². The Morgan fingerprint density at radius 3 is 2.47 bits per heavy atom. The van der Waals surface area contributed by atoms with Crippen molar-refractivity contribution >= 4 is 17.8 Å². The molecule has 2 aliphatic rings. The number of likely N-dealkylation sites (tertiary alicyclic amines) is 1. The number of rotatable bonds is 6. The molecule has 0 saturated carbocycles. The van der Waals surface area contributed by atoms with E-state index in [1.807, 2.05) is 42.5 Å². The number of nitrogens with two attached hydrogens (primary N) is 2. The first-order valence-electron chi connectivity index (χ1n) is 12.0. The molecular formula is C28H28N4O4. The highest BCUT2D eigenvalue weighted by Gasteiger charge is 2.54. The van der Waals surface area contributed by atoms with Crippen molar-refractivity contribution in [3.8, 4) is 0 Å². The van der Waals surface area contributed by atoms with Gasteiger partial charge >= 0.3 is 5.97 Å². The Balaban J connectivity index is 1.48. The van der Waals surface area contributed by atoms with Crippen LogP contribution >= 0.6 is 0 Å². The summed E-state index contributed by atoms with van der Waals surface area (Å²) in [5, 5.41) is 0. The molecule has 36 heavy (non-hydrogen) atoms. The van der Waals surface area contributed by atoms with Crippen LogP contribution < -0.4 is 11.5 Å². The first kappa shape index (κ1) is 23.7. The highest BCUT2D eigenvalue weighted by molar-refractivity contribution is 5.98. The fourth-order valence-electron chi connectivity index (χ4n) is 5.19. The number of amides is 2. The van der Waals surface area contributed by atoms with Gasteiger partial charge in [-0.15, -0.1) is 0 Å². The number of benzene rings is 2. The zero-order valence-corrected chi connectivity index (χ0v) is 20.0. The molecule has 2 amide bonds. The van der Waals surface area contributed by atoms with Crippen LogP contribution in [0.2, 0.25) is 0 Å². The highest BCUT2D eigenvalue weighted by Crippen LogP contribution is 2.43. The maximum absolute atomic E-state index is 13.7. The van der Waals surface area contributed by atoms with Gasteiger partial charge in [0.15, 0.2) is 0 Å². The Hall–Kier alpha value is -4.04. The largest absolute Gasteiger partial charge is 0.442 e. The predicted octanol–water partition coefficient (Wildman–Crippen LogP) is 2.58. The zero-order valence-electron chi connectivity index (χ0n) is 20.0. The van der Waals surface area contributed by atoms with Crippen molar-refractivity contribution in [2.45, 2.75) is 43.4 Å². The van der Waals surface area contributed by atoms with E-state index < -0.39 is 29.4 Å². The van der Waals surface area contributed by atoms with Gasteiger partial charge in [0.2, 0.25) is 5.60 Å². The Kier molecular flexibility index (Phi) is 6.05. The summed E-state index contributed by atoms with van der Waals surface area (Å²) in [6.07, 6.45) is 0.831. The number of pyridine rings is 1. The number of aryl methyl sites for hydroxylation is 1. The number of hydrogen-bond acceptors (Lipinski definition) is 6. The van der Waals surface area contributed by atoms with Crippen LogP contribution in [0.5, 0.6) is 0 Å². The molecular weight excluding hydrogens is 456 g/mol. The van der Waals surface area contributed by atoms with E-state index in [0.29, 0.717) is 24.2 Å². The lowest BCUT2D eigenvalue weighted by atomic mass is 9.82. The molecule has 0 radical (unpaired) electrons. The summed E-state index contributed by atoms with van der Waals surface area (Å²) in [5.41, 5.74) is 13.4. The SMILES string of the molecule is CC(N)c1cccc(C(=O)N2CC(c3ccccc3)C2C(=O)OC2(C(N)=O)CCc3ccccc32)n1. The van der Waals surface area contributed by atoms with Crippen molar-refractivity contribution in [2.24, 2.45) is 11.5 Å². The van der Waals surface area contributed by atoms with Crippen LogP contribution in [0.25, 0.3) is 0 Å². The van der Waals surface area contributed by atoms with Crippen LogP contribution in [-0.4, -0.2) is 40.3 Å². The van der Waals surface area contributed by atoms with Gasteiger partial charge in [-0.3, -0.25) is 9.59 Å². The van der Waals surface area contributed by atoms with Crippen molar-refractivity contribution in [2.75, 3.05) is 6.54 Å². The summed E-state index contributed by atoms with van der Waals surface area (Å²) in [7, 11) is 0. The van der Waals surface area contributed by atoms with E-state index in [1.165, 1.54) is 4.90 Å². The highest BCUT2D eigenvalue weighted by atomic mass is 16.6. The Morgan fingerprint density at radius 1 is 1.03 bits per heavy atom. The average molecular weight is 485 g/mol. The van der Waals surface area contributed by atoms with Gasteiger partial charge in [-0.1, -0.05) is 60.7 Å². The van der Waals surface area contributed by atoms with E-state index in [9.17, 15) is 14.4 Å². The summed E-state index contributed by atoms with van der Waals surface area (Å²) >= 11 is 0. The number of ether oxygens (including phenoxy) is 1. The zero-order chi connectivity index (χ0) is 25.4. The maximum atomic E-state index is 13.7. The van der Waals surface area contributed by atoms with Gasteiger partial charge in [-0.25, -0.2) is 9.78 Å². The van der Waals surface area contributed by atoms with Crippen molar-refractivity contribution < 1.29 is 19.1 Å². The average Bonchev–Trinajstić information content (AvgIpc) is 3.23. The number of primary amides is 1. The minimum Gasteiger partial charge on any atom is -0.442 e. The molecule has 2 heterocycles. The predicted molar refractivity (Wildman–Crippen MR) is 133 cm³/mol. The van der Waals surface area contributed by atoms with Gasteiger partial charge < -0.3 is 21.1 Å². The third-order valence-corrected chi connectivity index (χ3v) is 7.17. The molecule has 1 fully saturated rings. The molecule has 0 spiro atoms. The van der Waals surface area contributed by atoms with Gasteiger partial charge in [0.25, 0.3) is 11.8 Å². The van der Waals surface area contributed by atoms with Gasteiger partial charge in [-0.2, -0.15) is 0 Å². The number of carbonyl (C=O) groups excluding carboxylic acids is 3. The van der Waals surface area contributed by atoms with Gasteiger partial charge in [0.05, 0.1) is 5.69 Å². The van der Waals surface area contributed by atoms with Crippen molar-refractivity contribution in [3.63, 3.8) is 0 Å². The van der Waals surface area contributed by atoms with E-state index in [0.717, 1.165) is 11.1 Å². The second-order valence-corrected chi connectivity index (χ2v) is 9.43.